The minimum Gasteiger partial charge on any atom is -0.325 e. The molecule has 0 bridgehead atoms. The quantitative estimate of drug-likeness (QED) is 0.215. The van der Waals surface area contributed by atoms with Crippen LogP contribution in [0.2, 0.25) is 0 Å². The van der Waals surface area contributed by atoms with Gasteiger partial charge in [-0.15, -0.1) is 0 Å². The predicted molar refractivity (Wildman–Crippen MR) is 142 cm³/mol. The summed E-state index contributed by atoms with van der Waals surface area (Å²) in [6, 6.07) is 18.9. The Hall–Kier alpha value is -4.89. The number of non-ortho nitro benzene ring substituents is 1. The largest absolute Gasteiger partial charge is 0.325 e. The SMILES string of the molecule is O=C(CN(c1cccc([N+](=O)[O-])c1)S(=O)(=O)c1ccccc1)Nc1ccc(S(=O)(=O)Nc2ncccn2)cc1. The fraction of sp³-hybridized carbons (Fsp3) is 0.0417. The molecule has 1 aromatic heterocycles. The Morgan fingerprint density at radius 2 is 1.51 bits per heavy atom. The summed E-state index contributed by atoms with van der Waals surface area (Å²) < 4.78 is 54.9. The smallest absolute Gasteiger partial charge is 0.271 e. The second-order valence-corrected chi connectivity index (χ2v) is 11.4. The molecule has 3 aromatic carbocycles. The van der Waals surface area contributed by atoms with Crippen LogP contribution in [0.3, 0.4) is 0 Å². The highest BCUT2D eigenvalue weighted by Crippen LogP contribution is 2.27. The van der Waals surface area contributed by atoms with Gasteiger partial charge in [-0.2, -0.15) is 0 Å². The molecule has 0 aliphatic rings. The van der Waals surface area contributed by atoms with E-state index in [9.17, 15) is 31.7 Å². The number of carbonyl (C=O) groups is 1. The van der Waals surface area contributed by atoms with Gasteiger partial charge in [0.1, 0.15) is 6.54 Å². The van der Waals surface area contributed by atoms with E-state index in [1.807, 2.05) is 0 Å². The highest BCUT2D eigenvalue weighted by molar-refractivity contribution is 7.93. The Bertz CT molecular complexity index is 1700. The first-order valence-electron chi connectivity index (χ1n) is 11.1. The van der Waals surface area contributed by atoms with E-state index in [0.29, 0.717) is 0 Å². The van der Waals surface area contributed by atoms with Gasteiger partial charge in [0.05, 0.1) is 20.4 Å². The van der Waals surface area contributed by atoms with Crippen molar-refractivity contribution >= 4 is 49.0 Å². The van der Waals surface area contributed by atoms with Crippen molar-refractivity contribution in [2.24, 2.45) is 0 Å². The minimum absolute atomic E-state index is 0.0844. The lowest BCUT2D eigenvalue weighted by Gasteiger charge is -2.24. The number of anilines is 3. The van der Waals surface area contributed by atoms with Crippen LogP contribution in [0.15, 0.2) is 107 Å². The molecule has 0 aliphatic carbocycles. The summed E-state index contributed by atoms with van der Waals surface area (Å²) >= 11 is 0. The first-order chi connectivity index (χ1) is 18.6. The zero-order valence-corrected chi connectivity index (χ0v) is 21.5. The summed E-state index contributed by atoms with van der Waals surface area (Å²) in [5.74, 6) is -0.886. The summed E-state index contributed by atoms with van der Waals surface area (Å²) in [6.45, 7) is -0.717. The second-order valence-electron chi connectivity index (χ2n) is 7.85. The molecule has 0 spiro atoms. The van der Waals surface area contributed by atoms with Crippen LogP contribution < -0.4 is 14.3 Å². The molecule has 0 saturated heterocycles. The number of carbonyl (C=O) groups excluding carboxylic acids is 1. The Morgan fingerprint density at radius 3 is 2.15 bits per heavy atom. The average Bonchev–Trinajstić information content (AvgIpc) is 2.93. The number of nitrogens with zero attached hydrogens (tertiary/aromatic N) is 4. The molecule has 0 radical (unpaired) electrons. The van der Waals surface area contributed by atoms with Crippen molar-refractivity contribution in [3.63, 3.8) is 0 Å². The van der Waals surface area contributed by atoms with E-state index in [1.165, 1.54) is 85.2 Å². The minimum atomic E-state index is -4.29. The molecule has 0 saturated carbocycles. The van der Waals surface area contributed by atoms with Crippen molar-refractivity contribution < 1.29 is 26.6 Å². The molecule has 4 aromatic rings. The van der Waals surface area contributed by atoms with Gasteiger partial charge in [0.25, 0.3) is 25.7 Å². The van der Waals surface area contributed by atoms with Crippen molar-refractivity contribution in [1.82, 2.24) is 9.97 Å². The molecule has 1 amide bonds. The van der Waals surface area contributed by atoms with Crippen LogP contribution in [-0.2, 0) is 24.8 Å². The molecule has 0 unspecified atom stereocenters. The van der Waals surface area contributed by atoms with E-state index in [-0.39, 0.29) is 32.8 Å². The number of nitro groups is 1. The Kier molecular flexibility index (Phi) is 7.83. The van der Waals surface area contributed by atoms with Crippen LogP contribution in [0.4, 0.5) is 23.0 Å². The number of rotatable bonds is 10. The van der Waals surface area contributed by atoms with Gasteiger partial charge in [0, 0.05) is 30.2 Å². The van der Waals surface area contributed by atoms with E-state index in [0.717, 1.165) is 10.4 Å². The highest BCUT2D eigenvalue weighted by atomic mass is 32.2. The van der Waals surface area contributed by atoms with Crippen LogP contribution >= 0.6 is 0 Å². The standard InChI is InChI=1S/C24H20N6O7S2/c31-23(27-18-10-12-21(13-11-18)38(34,35)28-24-25-14-5-15-26-24)17-29(19-6-4-7-20(16-19)30(32)33)39(36,37)22-8-2-1-3-9-22/h1-16H,17H2,(H,27,31)(H,25,26,28). The molecular weight excluding hydrogens is 548 g/mol. The van der Waals surface area contributed by atoms with Crippen molar-refractivity contribution in [2.45, 2.75) is 9.79 Å². The fourth-order valence-electron chi connectivity index (χ4n) is 3.38. The molecular formula is C24H20N6O7S2. The van der Waals surface area contributed by atoms with Gasteiger partial charge in [-0.3, -0.25) is 19.2 Å². The molecule has 15 heteroatoms. The molecule has 39 heavy (non-hydrogen) atoms. The Balaban J connectivity index is 1.56. The maximum atomic E-state index is 13.4. The monoisotopic (exact) mass is 568 g/mol. The Labute approximate surface area is 223 Å². The first-order valence-corrected chi connectivity index (χ1v) is 14.0. The zero-order chi connectivity index (χ0) is 28.0. The number of hydrogen-bond acceptors (Lipinski definition) is 9. The second kappa shape index (κ2) is 11.2. The van der Waals surface area contributed by atoms with Crippen LogP contribution in [0.5, 0.6) is 0 Å². The summed E-state index contributed by atoms with van der Waals surface area (Å²) in [5.41, 5.74) is -0.252. The first kappa shape index (κ1) is 27.2. The zero-order valence-electron chi connectivity index (χ0n) is 19.9. The number of sulfonamides is 2. The summed E-state index contributed by atoms with van der Waals surface area (Å²) in [4.78, 5) is 30.9. The predicted octanol–water partition coefficient (Wildman–Crippen LogP) is 3.02. The Morgan fingerprint density at radius 1 is 0.846 bits per heavy atom. The van der Waals surface area contributed by atoms with Gasteiger partial charge in [-0.1, -0.05) is 24.3 Å². The van der Waals surface area contributed by atoms with Crippen molar-refractivity contribution in [2.75, 3.05) is 20.9 Å². The van der Waals surface area contributed by atoms with Crippen molar-refractivity contribution in [3.8, 4) is 0 Å². The van der Waals surface area contributed by atoms with E-state index in [2.05, 4.69) is 20.0 Å². The van der Waals surface area contributed by atoms with Gasteiger partial charge in [-0.25, -0.2) is 31.5 Å². The number of aromatic nitrogens is 2. The number of nitrogens with one attached hydrogen (secondary N) is 2. The number of nitro benzene ring substituents is 1. The molecule has 0 fully saturated rings. The van der Waals surface area contributed by atoms with E-state index >= 15 is 0 Å². The third-order valence-corrected chi connectivity index (χ3v) is 8.32. The van der Waals surface area contributed by atoms with Gasteiger partial charge in [-0.05, 0) is 48.5 Å². The van der Waals surface area contributed by atoms with Crippen molar-refractivity contribution in [1.29, 1.82) is 0 Å². The number of hydrogen-bond donors (Lipinski definition) is 2. The number of amides is 1. The lowest BCUT2D eigenvalue weighted by molar-refractivity contribution is -0.384. The lowest BCUT2D eigenvalue weighted by Crippen LogP contribution is -2.38. The molecule has 0 aliphatic heterocycles. The van der Waals surface area contributed by atoms with Crippen LogP contribution in [0.25, 0.3) is 0 Å². The van der Waals surface area contributed by atoms with Crippen LogP contribution in [0, 0.1) is 10.1 Å². The molecule has 4 rings (SSSR count). The molecule has 200 valence electrons. The number of benzene rings is 3. The topological polar surface area (TPSA) is 182 Å². The highest BCUT2D eigenvalue weighted by Gasteiger charge is 2.28. The molecule has 2 N–H and O–H groups in total. The lowest BCUT2D eigenvalue weighted by atomic mass is 10.3. The van der Waals surface area contributed by atoms with Crippen molar-refractivity contribution in [3.05, 3.63) is 107 Å². The normalized spacial score (nSPS) is 11.4. The third kappa shape index (κ3) is 6.52. The molecule has 0 atom stereocenters. The maximum absolute atomic E-state index is 13.4. The van der Waals surface area contributed by atoms with Crippen LogP contribution in [-0.4, -0.2) is 44.2 Å². The van der Waals surface area contributed by atoms with Gasteiger partial charge in [0.15, 0.2) is 0 Å². The fourth-order valence-corrected chi connectivity index (χ4v) is 5.77. The maximum Gasteiger partial charge on any atom is 0.271 e. The van der Waals surface area contributed by atoms with Gasteiger partial charge in [0.2, 0.25) is 11.9 Å². The summed E-state index contributed by atoms with van der Waals surface area (Å²) in [7, 11) is -8.29. The van der Waals surface area contributed by atoms with Gasteiger partial charge < -0.3 is 5.32 Å². The summed E-state index contributed by atoms with van der Waals surface area (Å²) in [5, 5.41) is 13.8. The average molecular weight is 569 g/mol. The third-order valence-electron chi connectivity index (χ3n) is 5.19. The van der Waals surface area contributed by atoms with E-state index in [1.54, 1.807) is 6.07 Å². The molecule has 13 nitrogen and oxygen atoms in total. The van der Waals surface area contributed by atoms with Crippen LogP contribution in [0.1, 0.15) is 0 Å². The van der Waals surface area contributed by atoms with E-state index < -0.39 is 37.4 Å². The van der Waals surface area contributed by atoms with E-state index in [4.69, 9.17) is 0 Å². The summed E-state index contributed by atoms with van der Waals surface area (Å²) in [6.07, 6.45) is 2.75. The molecule has 1 heterocycles. The van der Waals surface area contributed by atoms with Gasteiger partial charge >= 0.3 is 0 Å².